The minimum atomic E-state index is -0.320. The van der Waals surface area contributed by atoms with Crippen molar-refractivity contribution >= 4 is 5.91 Å². The summed E-state index contributed by atoms with van der Waals surface area (Å²) >= 11 is 0. The number of ether oxygens (including phenoxy) is 1. The first-order chi connectivity index (χ1) is 9.20. The van der Waals surface area contributed by atoms with Crippen LogP contribution in [0.2, 0.25) is 0 Å². The Labute approximate surface area is 110 Å². The lowest BCUT2D eigenvalue weighted by molar-refractivity contribution is 0.0951. The third kappa shape index (κ3) is 3.25. The minimum absolute atomic E-state index is 0.0987. The Hall–Kier alpha value is -2.50. The molecule has 0 saturated carbocycles. The van der Waals surface area contributed by atoms with Crippen molar-refractivity contribution in [3.63, 3.8) is 0 Å². The van der Waals surface area contributed by atoms with Crippen LogP contribution in [0.3, 0.4) is 0 Å². The van der Waals surface area contributed by atoms with E-state index in [2.05, 4.69) is 15.3 Å². The minimum Gasteiger partial charge on any atom is -0.507 e. The van der Waals surface area contributed by atoms with Gasteiger partial charge in [0.25, 0.3) is 5.91 Å². The van der Waals surface area contributed by atoms with Crippen molar-refractivity contribution in [3.05, 3.63) is 42.0 Å². The predicted molar refractivity (Wildman–Crippen MR) is 69.3 cm³/mol. The van der Waals surface area contributed by atoms with Crippen LogP contribution in [0.4, 0.5) is 0 Å². The van der Waals surface area contributed by atoms with E-state index in [0.717, 1.165) is 5.69 Å². The number of hydrogen-bond donors (Lipinski definition) is 3. The fourth-order valence-corrected chi connectivity index (χ4v) is 1.66. The van der Waals surface area contributed by atoms with Gasteiger partial charge in [-0.15, -0.1) is 0 Å². The molecule has 0 spiro atoms. The molecule has 2 rings (SSSR count). The molecule has 19 heavy (non-hydrogen) atoms. The van der Waals surface area contributed by atoms with E-state index < -0.39 is 0 Å². The number of aromatic amines is 1. The highest BCUT2D eigenvalue weighted by atomic mass is 16.5. The van der Waals surface area contributed by atoms with Crippen LogP contribution in [0.25, 0.3) is 0 Å². The Balaban J connectivity index is 1.92. The quantitative estimate of drug-likeness (QED) is 0.752. The molecule has 3 N–H and O–H groups in total. The number of phenols is 1. The number of aromatic hydroxyl groups is 1. The number of carbonyl (C=O) groups excluding carboxylic acids is 1. The van der Waals surface area contributed by atoms with Crippen molar-refractivity contribution in [1.29, 1.82) is 0 Å². The molecule has 0 bridgehead atoms. The molecular formula is C13H15N3O3. The van der Waals surface area contributed by atoms with Gasteiger partial charge >= 0.3 is 0 Å². The second-order valence-electron chi connectivity index (χ2n) is 3.97. The Morgan fingerprint density at radius 2 is 2.37 bits per heavy atom. The number of benzene rings is 1. The van der Waals surface area contributed by atoms with E-state index in [4.69, 9.17) is 4.74 Å². The number of phenolic OH excluding ortho intramolecular Hbond substituents is 1. The summed E-state index contributed by atoms with van der Waals surface area (Å²) in [4.78, 5) is 18.7. The molecule has 0 aliphatic heterocycles. The van der Waals surface area contributed by atoms with E-state index >= 15 is 0 Å². The molecule has 1 aromatic carbocycles. The SMILES string of the molecule is COc1ccc(C(=O)NCCc2cnc[nH]2)c(O)c1. The van der Waals surface area contributed by atoms with Gasteiger partial charge in [-0.2, -0.15) is 0 Å². The molecule has 6 heteroatoms. The maximum Gasteiger partial charge on any atom is 0.255 e. The van der Waals surface area contributed by atoms with Gasteiger partial charge in [-0.1, -0.05) is 0 Å². The third-order valence-corrected chi connectivity index (χ3v) is 2.68. The van der Waals surface area contributed by atoms with Crippen molar-refractivity contribution < 1.29 is 14.6 Å². The highest BCUT2D eigenvalue weighted by molar-refractivity contribution is 5.96. The van der Waals surface area contributed by atoms with Crippen molar-refractivity contribution in [2.45, 2.75) is 6.42 Å². The number of H-pyrrole nitrogens is 1. The molecule has 100 valence electrons. The number of hydrogen-bond acceptors (Lipinski definition) is 4. The molecule has 0 unspecified atom stereocenters. The van der Waals surface area contributed by atoms with Gasteiger partial charge in [0.15, 0.2) is 0 Å². The zero-order chi connectivity index (χ0) is 13.7. The maximum absolute atomic E-state index is 11.9. The second-order valence-corrected chi connectivity index (χ2v) is 3.97. The molecule has 1 amide bonds. The fourth-order valence-electron chi connectivity index (χ4n) is 1.66. The van der Waals surface area contributed by atoms with Gasteiger partial charge in [0, 0.05) is 30.9 Å². The van der Waals surface area contributed by atoms with Crippen LogP contribution < -0.4 is 10.1 Å². The molecule has 0 atom stereocenters. The van der Waals surface area contributed by atoms with E-state index in [1.165, 1.54) is 19.2 Å². The zero-order valence-electron chi connectivity index (χ0n) is 10.5. The van der Waals surface area contributed by atoms with Gasteiger partial charge in [-0.05, 0) is 12.1 Å². The lowest BCUT2D eigenvalue weighted by atomic mass is 10.1. The summed E-state index contributed by atoms with van der Waals surface area (Å²) in [6.07, 6.45) is 3.95. The lowest BCUT2D eigenvalue weighted by Crippen LogP contribution is -2.25. The smallest absolute Gasteiger partial charge is 0.255 e. The molecule has 6 nitrogen and oxygen atoms in total. The van der Waals surface area contributed by atoms with Crippen LogP contribution in [0.1, 0.15) is 16.1 Å². The summed E-state index contributed by atoms with van der Waals surface area (Å²) in [5.74, 6) is 0.0876. The Bertz CT molecular complexity index is 552. The van der Waals surface area contributed by atoms with Crippen LogP contribution in [-0.4, -0.2) is 34.6 Å². The van der Waals surface area contributed by atoms with Crippen molar-refractivity contribution in [2.24, 2.45) is 0 Å². The average molecular weight is 261 g/mol. The number of carbonyl (C=O) groups is 1. The third-order valence-electron chi connectivity index (χ3n) is 2.68. The van der Waals surface area contributed by atoms with Crippen molar-refractivity contribution in [2.75, 3.05) is 13.7 Å². The number of rotatable bonds is 5. The zero-order valence-corrected chi connectivity index (χ0v) is 10.5. The van der Waals surface area contributed by atoms with Gasteiger partial charge in [0.05, 0.1) is 19.0 Å². The Kier molecular flexibility index (Phi) is 4.02. The van der Waals surface area contributed by atoms with E-state index in [0.29, 0.717) is 18.7 Å². The molecule has 0 aliphatic carbocycles. The van der Waals surface area contributed by atoms with E-state index in [1.54, 1.807) is 18.6 Å². The lowest BCUT2D eigenvalue weighted by Gasteiger charge is -2.07. The molecule has 0 aliphatic rings. The Morgan fingerprint density at radius 1 is 1.53 bits per heavy atom. The van der Waals surface area contributed by atoms with Crippen molar-refractivity contribution in [3.8, 4) is 11.5 Å². The van der Waals surface area contributed by atoms with Gasteiger partial charge in [0.2, 0.25) is 0 Å². The average Bonchev–Trinajstić information content (AvgIpc) is 2.91. The largest absolute Gasteiger partial charge is 0.507 e. The standard InChI is InChI=1S/C13H15N3O3/c1-19-10-2-3-11(12(17)6-10)13(18)15-5-4-9-7-14-8-16-9/h2-3,6-8,17H,4-5H2,1H3,(H,14,16)(H,15,18). The number of methoxy groups -OCH3 is 1. The fraction of sp³-hybridized carbons (Fsp3) is 0.231. The van der Waals surface area contributed by atoms with Crippen LogP contribution in [0, 0.1) is 0 Å². The van der Waals surface area contributed by atoms with Crippen LogP contribution >= 0.6 is 0 Å². The van der Waals surface area contributed by atoms with Crippen LogP contribution in [0.5, 0.6) is 11.5 Å². The van der Waals surface area contributed by atoms with Gasteiger partial charge in [-0.3, -0.25) is 4.79 Å². The van der Waals surface area contributed by atoms with Gasteiger partial charge < -0.3 is 20.1 Å². The summed E-state index contributed by atoms with van der Waals surface area (Å²) in [7, 11) is 1.50. The molecule has 0 saturated heterocycles. The second kappa shape index (κ2) is 5.90. The number of aromatic nitrogens is 2. The predicted octanol–water partition coefficient (Wildman–Crippen LogP) is 1.10. The number of amides is 1. The topological polar surface area (TPSA) is 87.2 Å². The molecular weight excluding hydrogens is 246 g/mol. The molecule has 0 fully saturated rings. The normalized spacial score (nSPS) is 10.2. The summed E-state index contributed by atoms with van der Waals surface area (Å²) in [6, 6.07) is 4.56. The van der Waals surface area contributed by atoms with Crippen molar-refractivity contribution in [1.82, 2.24) is 15.3 Å². The summed E-state index contributed by atoms with van der Waals surface area (Å²) in [6.45, 7) is 0.465. The van der Waals surface area contributed by atoms with E-state index in [-0.39, 0.29) is 17.2 Å². The first kappa shape index (κ1) is 12.9. The molecule has 0 radical (unpaired) electrons. The highest BCUT2D eigenvalue weighted by Gasteiger charge is 2.11. The number of nitrogens with one attached hydrogen (secondary N) is 2. The maximum atomic E-state index is 11.9. The monoisotopic (exact) mass is 261 g/mol. The molecule has 2 aromatic rings. The first-order valence-corrected chi connectivity index (χ1v) is 5.83. The Morgan fingerprint density at radius 3 is 3.00 bits per heavy atom. The summed E-state index contributed by atoms with van der Waals surface area (Å²) in [5, 5.41) is 12.4. The summed E-state index contributed by atoms with van der Waals surface area (Å²) in [5.41, 5.74) is 1.17. The highest BCUT2D eigenvalue weighted by Crippen LogP contribution is 2.23. The molecule has 1 heterocycles. The van der Waals surface area contributed by atoms with Crippen LogP contribution in [0.15, 0.2) is 30.7 Å². The number of imidazole rings is 1. The van der Waals surface area contributed by atoms with Gasteiger partial charge in [0.1, 0.15) is 11.5 Å². The number of nitrogens with zero attached hydrogens (tertiary/aromatic N) is 1. The van der Waals surface area contributed by atoms with E-state index in [9.17, 15) is 9.90 Å². The van der Waals surface area contributed by atoms with Gasteiger partial charge in [-0.25, -0.2) is 4.98 Å². The van der Waals surface area contributed by atoms with Crippen LogP contribution in [-0.2, 0) is 6.42 Å². The first-order valence-electron chi connectivity index (χ1n) is 5.83. The molecule has 1 aromatic heterocycles. The summed E-state index contributed by atoms with van der Waals surface area (Å²) < 4.78 is 4.96. The van der Waals surface area contributed by atoms with E-state index in [1.807, 2.05) is 0 Å².